The fraction of sp³-hybridized carbons (Fsp3) is 0.933. The normalized spacial score (nSPS) is 21.5. The van der Waals surface area contributed by atoms with E-state index in [0.717, 1.165) is 38.8 Å². The highest BCUT2D eigenvalue weighted by molar-refractivity contribution is 14.0. The first-order valence-electron chi connectivity index (χ1n) is 7.97. The van der Waals surface area contributed by atoms with Crippen molar-refractivity contribution >= 4 is 29.9 Å². The smallest absolute Gasteiger partial charge is 0.191 e. The van der Waals surface area contributed by atoms with Crippen molar-refractivity contribution in [3.8, 4) is 0 Å². The first kappa shape index (κ1) is 20.9. The van der Waals surface area contributed by atoms with Crippen LogP contribution >= 0.6 is 24.0 Å². The molecule has 2 atom stereocenters. The maximum Gasteiger partial charge on any atom is 0.191 e. The van der Waals surface area contributed by atoms with Gasteiger partial charge in [-0.3, -0.25) is 9.89 Å². The highest BCUT2D eigenvalue weighted by Crippen LogP contribution is 2.09. The number of unbranched alkanes of at least 4 members (excludes halogenated alkanes) is 2. The lowest BCUT2D eigenvalue weighted by atomic mass is 10.2. The summed E-state index contributed by atoms with van der Waals surface area (Å²) in [5.41, 5.74) is 0. The molecule has 1 heterocycles. The zero-order valence-electron chi connectivity index (χ0n) is 14.0. The highest BCUT2D eigenvalue weighted by Gasteiger charge is 2.23. The lowest BCUT2D eigenvalue weighted by molar-refractivity contribution is -0.0174. The van der Waals surface area contributed by atoms with Gasteiger partial charge in [0.25, 0.3) is 0 Å². The topological polar surface area (TPSA) is 48.9 Å². The largest absolute Gasteiger partial charge is 0.379 e. The van der Waals surface area contributed by atoms with Crippen LogP contribution in [-0.4, -0.2) is 62.8 Å². The number of hydrogen-bond donors (Lipinski definition) is 2. The first-order chi connectivity index (χ1) is 9.69. The van der Waals surface area contributed by atoms with Crippen LogP contribution < -0.4 is 10.6 Å². The van der Waals surface area contributed by atoms with Gasteiger partial charge in [-0.25, -0.2) is 0 Å². The van der Waals surface area contributed by atoms with Crippen LogP contribution in [0.4, 0.5) is 0 Å². The number of aliphatic imine (C=N–C) groups is 1. The number of hydrogen-bond acceptors (Lipinski definition) is 3. The van der Waals surface area contributed by atoms with E-state index in [0.29, 0.717) is 12.1 Å². The minimum absolute atomic E-state index is 0. The van der Waals surface area contributed by atoms with Gasteiger partial charge in [0.2, 0.25) is 0 Å². The molecule has 0 bridgehead atoms. The number of nitrogens with zero attached hydrogens (tertiary/aromatic N) is 2. The molecule has 0 saturated carbocycles. The van der Waals surface area contributed by atoms with Crippen molar-refractivity contribution in [2.75, 3.05) is 39.9 Å². The number of nitrogens with one attached hydrogen (secondary N) is 2. The van der Waals surface area contributed by atoms with Gasteiger partial charge in [0.15, 0.2) is 5.96 Å². The van der Waals surface area contributed by atoms with Crippen LogP contribution in [0.2, 0.25) is 0 Å². The van der Waals surface area contributed by atoms with Crippen LogP contribution in [0.5, 0.6) is 0 Å². The molecule has 1 aliphatic heterocycles. The molecule has 5 nitrogen and oxygen atoms in total. The molecule has 1 aliphatic rings. The molecule has 0 aliphatic carbocycles. The molecule has 0 spiro atoms. The van der Waals surface area contributed by atoms with Crippen LogP contribution in [0.1, 0.15) is 40.0 Å². The summed E-state index contributed by atoms with van der Waals surface area (Å²) in [6.45, 7) is 11.3. The summed E-state index contributed by atoms with van der Waals surface area (Å²) in [5.74, 6) is 0.911. The molecule has 1 saturated heterocycles. The predicted octanol–water partition coefficient (Wildman–Crippen LogP) is 2.07. The Morgan fingerprint density at radius 3 is 2.76 bits per heavy atom. The van der Waals surface area contributed by atoms with Gasteiger partial charge in [0, 0.05) is 38.8 Å². The fourth-order valence-electron chi connectivity index (χ4n) is 2.56. The number of ether oxygens (including phenoxy) is 1. The molecule has 0 radical (unpaired) electrons. The van der Waals surface area contributed by atoms with Crippen LogP contribution in [0.3, 0.4) is 0 Å². The van der Waals surface area contributed by atoms with Crippen molar-refractivity contribution in [2.45, 2.75) is 52.1 Å². The van der Waals surface area contributed by atoms with Crippen LogP contribution in [0.15, 0.2) is 4.99 Å². The molecule has 1 fully saturated rings. The Kier molecular flexibility index (Phi) is 12.4. The van der Waals surface area contributed by atoms with Gasteiger partial charge >= 0.3 is 0 Å². The van der Waals surface area contributed by atoms with E-state index in [2.05, 4.69) is 41.3 Å². The number of morpholine rings is 1. The second-order valence-electron chi connectivity index (χ2n) is 5.60. The predicted molar refractivity (Wildman–Crippen MR) is 101 cm³/mol. The van der Waals surface area contributed by atoms with E-state index in [-0.39, 0.29) is 24.0 Å². The Hall–Kier alpha value is -0.0800. The Bertz CT molecular complexity index is 289. The van der Waals surface area contributed by atoms with Crippen molar-refractivity contribution in [1.82, 2.24) is 15.5 Å². The summed E-state index contributed by atoms with van der Waals surface area (Å²) in [6, 6.07) is 0.989. The van der Waals surface area contributed by atoms with Gasteiger partial charge in [-0.15, -0.1) is 24.0 Å². The molecule has 6 heteroatoms. The minimum atomic E-state index is 0. The highest BCUT2D eigenvalue weighted by atomic mass is 127. The number of guanidine groups is 1. The van der Waals surface area contributed by atoms with E-state index in [1.165, 1.54) is 19.3 Å². The molecule has 126 valence electrons. The molecule has 0 amide bonds. The van der Waals surface area contributed by atoms with Crippen molar-refractivity contribution in [3.63, 3.8) is 0 Å². The summed E-state index contributed by atoms with van der Waals surface area (Å²) in [7, 11) is 1.83. The lowest BCUT2D eigenvalue weighted by Crippen LogP contribution is -2.53. The molecule has 0 aromatic carbocycles. The monoisotopic (exact) mass is 412 g/mol. The van der Waals surface area contributed by atoms with Crippen molar-refractivity contribution < 1.29 is 4.74 Å². The van der Waals surface area contributed by atoms with Gasteiger partial charge in [-0.2, -0.15) is 0 Å². The van der Waals surface area contributed by atoms with E-state index in [4.69, 9.17) is 4.74 Å². The Morgan fingerprint density at radius 1 is 1.38 bits per heavy atom. The van der Waals surface area contributed by atoms with Crippen molar-refractivity contribution in [3.05, 3.63) is 0 Å². The average Bonchev–Trinajstić information content (AvgIpc) is 2.46. The summed E-state index contributed by atoms with van der Waals surface area (Å²) in [5, 5.41) is 6.79. The van der Waals surface area contributed by atoms with Crippen molar-refractivity contribution in [1.29, 1.82) is 0 Å². The second-order valence-corrected chi connectivity index (χ2v) is 5.60. The maximum atomic E-state index is 5.49. The Labute approximate surface area is 147 Å². The zero-order chi connectivity index (χ0) is 14.8. The van der Waals surface area contributed by atoms with E-state index in [9.17, 15) is 0 Å². The number of halogens is 1. The molecule has 0 aromatic rings. The standard InChI is InChI=1S/C15H32N4O.HI/c1-5-6-7-8-17-15(16-4)18-11-13(2)19-9-10-20-12-14(19)3;/h13-14H,5-12H2,1-4H3,(H2,16,17,18);1H. The van der Waals surface area contributed by atoms with E-state index >= 15 is 0 Å². The molecular formula is C15H33IN4O. The third kappa shape index (κ3) is 8.21. The Morgan fingerprint density at radius 2 is 2.14 bits per heavy atom. The van der Waals surface area contributed by atoms with E-state index in [1.807, 2.05) is 7.05 Å². The average molecular weight is 412 g/mol. The van der Waals surface area contributed by atoms with Crippen LogP contribution in [-0.2, 0) is 4.74 Å². The molecule has 2 N–H and O–H groups in total. The number of rotatable bonds is 7. The van der Waals surface area contributed by atoms with Gasteiger partial charge in [0.1, 0.15) is 0 Å². The molecule has 1 rings (SSSR count). The summed E-state index contributed by atoms with van der Waals surface area (Å²) in [4.78, 5) is 6.77. The quantitative estimate of drug-likeness (QED) is 0.291. The summed E-state index contributed by atoms with van der Waals surface area (Å²) >= 11 is 0. The van der Waals surface area contributed by atoms with Crippen LogP contribution in [0.25, 0.3) is 0 Å². The van der Waals surface area contributed by atoms with Crippen LogP contribution in [0, 0.1) is 0 Å². The third-order valence-corrected chi connectivity index (χ3v) is 3.85. The van der Waals surface area contributed by atoms with E-state index < -0.39 is 0 Å². The first-order valence-corrected chi connectivity index (χ1v) is 7.97. The van der Waals surface area contributed by atoms with Gasteiger partial charge in [-0.1, -0.05) is 19.8 Å². The lowest BCUT2D eigenvalue weighted by Gasteiger charge is -2.38. The van der Waals surface area contributed by atoms with Gasteiger partial charge in [0.05, 0.1) is 13.2 Å². The Balaban J connectivity index is 0.00000400. The SMILES string of the molecule is CCCCCNC(=NC)NCC(C)N1CCOCC1C.I. The van der Waals surface area contributed by atoms with Crippen molar-refractivity contribution in [2.24, 2.45) is 4.99 Å². The van der Waals surface area contributed by atoms with Gasteiger partial charge < -0.3 is 15.4 Å². The third-order valence-electron chi connectivity index (χ3n) is 3.85. The molecule has 0 aromatic heterocycles. The molecule has 21 heavy (non-hydrogen) atoms. The summed E-state index contributed by atoms with van der Waals surface area (Å²) < 4.78 is 5.49. The molecular weight excluding hydrogens is 379 g/mol. The minimum Gasteiger partial charge on any atom is -0.379 e. The zero-order valence-corrected chi connectivity index (χ0v) is 16.4. The maximum absolute atomic E-state index is 5.49. The second kappa shape index (κ2) is 12.5. The fourth-order valence-corrected chi connectivity index (χ4v) is 2.56. The van der Waals surface area contributed by atoms with E-state index in [1.54, 1.807) is 0 Å². The van der Waals surface area contributed by atoms with Gasteiger partial charge in [-0.05, 0) is 20.3 Å². The molecule has 2 unspecified atom stereocenters. The summed E-state index contributed by atoms with van der Waals surface area (Å²) in [6.07, 6.45) is 3.72.